The number of ether oxygens (including phenoxy) is 1. The zero-order valence-electron chi connectivity index (χ0n) is 12.8. The van der Waals surface area contributed by atoms with Crippen molar-refractivity contribution in [2.75, 3.05) is 13.7 Å². The summed E-state index contributed by atoms with van der Waals surface area (Å²) < 4.78 is 9.21. The average molecular weight is 277 g/mol. The monoisotopic (exact) mass is 277 g/mol. The van der Waals surface area contributed by atoms with Crippen molar-refractivity contribution in [2.24, 2.45) is 14.1 Å². The lowest BCUT2D eigenvalue weighted by molar-refractivity contribution is 0.398. The molecule has 2 aromatic heterocycles. The van der Waals surface area contributed by atoms with E-state index in [2.05, 4.69) is 28.5 Å². The molecule has 2 heterocycles. The van der Waals surface area contributed by atoms with E-state index < -0.39 is 0 Å². The highest BCUT2D eigenvalue weighted by Gasteiger charge is 2.24. The van der Waals surface area contributed by atoms with Gasteiger partial charge in [-0.3, -0.25) is 9.36 Å². The maximum absolute atomic E-state index is 5.44. The summed E-state index contributed by atoms with van der Waals surface area (Å²) in [6.45, 7) is 5.07. The van der Waals surface area contributed by atoms with Gasteiger partial charge < -0.3 is 10.1 Å². The maximum atomic E-state index is 5.44. The van der Waals surface area contributed by atoms with Gasteiger partial charge in [0.2, 0.25) is 0 Å². The SMILES string of the molecule is CCCNC(c1cc(C)nn1C)c1c(OC)cnn1C. The van der Waals surface area contributed by atoms with Crippen LogP contribution in [0.4, 0.5) is 0 Å². The van der Waals surface area contributed by atoms with Crippen molar-refractivity contribution >= 4 is 0 Å². The Labute approximate surface area is 119 Å². The lowest BCUT2D eigenvalue weighted by Gasteiger charge is -2.20. The first kappa shape index (κ1) is 14.6. The van der Waals surface area contributed by atoms with Gasteiger partial charge in [-0.25, -0.2) is 0 Å². The Hall–Kier alpha value is -1.82. The largest absolute Gasteiger partial charge is 0.493 e. The molecule has 2 aromatic rings. The Morgan fingerprint density at radius 3 is 2.65 bits per heavy atom. The Morgan fingerprint density at radius 2 is 2.10 bits per heavy atom. The molecule has 1 N–H and O–H groups in total. The van der Waals surface area contributed by atoms with Gasteiger partial charge in [-0.05, 0) is 26.0 Å². The van der Waals surface area contributed by atoms with Crippen molar-refractivity contribution in [3.8, 4) is 5.75 Å². The molecule has 0 bridgehead atoms. The molecular weight excluding hydrogens is 254 g/mol. The molecule has 0 aliphatic rings. The van der Waals surface area contributed by atoms with Crippen LogP contribution >= 0.6 is 0 Å². The van der Waals surface area contributed by atoms with Crippen LogP contribution in [0.15, 0.2) is 12.3 Å². The van der Waals surface area contributed by atoms with Gasteiger partial charge in [0.25, 0.3) is 0 Å². The van der Waals surface area contributed by atoms with Crippen molar-refractivity contribution in [3.05, 3.63) is 29.3 Å². The van der Waals surface area contributed by atoms with Crippen molar-refractivity contribution in [2.45, 2.75) is 26.3 Å². The third-order valence-corrected chi connectivity index (χ3v) is 3.38. The Bertz CT molecular complexity index is 572. The second-order valence-electron chi connectivity index (χ2n) is 4.94. The molecule has 1 atom stereocenters. The fourth-order valence-corrected chi connectivity index (χ4v) is 2.44. The minimum absolute atomic E-state index is 0.0172. The Morgan fingerprint density at radius 1 is 1.35 bits per heavy atom. The molecule has 0 radical (unpaired) electrons. The molecule has 0 aromatic carbocycles. The summed E-state index contributed by atoms with van der Waals surface area (Å²) in [5, 5.41) is 12.3. The molecule has 6 nitrogen and oxygen atoms in total. The van der Waals surface area contributed by atoms with E-state index in [1.165, 1.54) is 0 Å². The van der Waals surface area contributed by atoms with Crippen LogP contribution < -0.4 is 10.1 Å². The predicted molar refractivity (Wildman–Crippen MR) is 77.8 cm³/mol. The van der Waals surface area contributed by atoms with Gasteiger partial charge in [0.15, 0.2) is 5.75 Å². The number of hydrogen-bond donors (Lipinski definition) is 1. The first-order valence-electron chi connectivity index (χ1n) is 6.88. The molecule has 110 valence electrons. The first-order chi connectivity index (χ1) is 9.58. The van der Waals surface area contributed by atoms with E-state index in [-0.39, 0.29) is 6.04 Å². The summed E-state index contributed by atoms with van der Waals surface area (Å²) in [5.74, 6) is 0.792. The molecule has 0 spiro atoms. The fourth-order valence-electron chi connectivity index (χ4n) is 2.44. The van der Waals surface area contributed by atoms with Crippen LogP contribution in [0.25, 0.3) is 0 Å². The third kappa shape index (κ3) is 2.70. The third-order valence-electron chi connectivity index (χ3n) is 3.38. The normalized spacial score (nSPS) is 12.7. The van der Waals surface area contributed by atoms with Gasteiger partial charge in [-0.1, -0.05) is 6.92 Å². The zero-order chi connectivity index (χ0) is 14.7. The lowest BCUT2D eigenvalue weighted by atomic mass is 10.1. The number of aryl methyl sites for hydroxylation is 3. The molecule has 20 heavy (non-hydrogen) atoms. The van der Waals surface area contributed by atoms with Gasteiger partial charge in [-0.2, -0.15) is 10.2 Å². The highest BCUT2D eigenvalue weighted by molar-refractivity contribution is 5.34. The standard InChI is InChI=1S/C14H23N5O/c1-6-7-15-13(11-8-10(2)17-18(11)3)14-12(20-5)9-16-19(14)4/h8-9,13,15H,6-7H2,1-5H3. The molecule has 2 rings (SSSR count). The highest BCUT2D eigenvalue weighted by atomic mass is 16.5. The maximum Gasteiger partial charge on any atom is 0.161 e. The molecule has 0 fully saturated rings. The van der Waals surface area contributed by atoms with E-state index in [9.17, 15) is 0 Å². The second kappa shape index (κ2) is 6.09. The fraction of sp³-hybridized carbons (Fsp3) is 0.571. The minimum atomic E-state index is 0.0172. The van der Waals surface area contributed by atoms with Crippen molar-refractivity contribution in [1.82, 2.24) is 24.9 Å². The molecule has 6 heteroatoms. The summed E-state index contributed by atoms with van der Waals surface area (Å²) in [6.07, 6.45) is 2.81. The van der Waals surface area contributed by atoms with E-state index in [0.717, 1.165) is 35.8 Å². The number of nitrogens with one attached hydrogen (secondary N) is 1. The van der Waals surface area contributed by atoms with Crippen LogP contribution in [0.1, 0.15) is 36.5 Å². The van der Waals surface area contributed by atoms with E-state index in [1.807, 2.05) is 30.4 Å². The van der Waals surface area contributed by atoms with Crippen molar-refractivity contribution in [3.63, 3.8) is 0 Å². The number of methoxy groups -OCH3 is 1. The Kier molecular flexibility index (Phi) is 4.44. The van der Waals surface area contributed by atoms with Gasteiger partial charge in [-0.15, -0.1) is 0 Å². The molecule has 0 saturated heterocycles. The molecule has 1 unspecified atom stereocenters. The van der Waals surface area contributed by atoms with Gasteiger partial charge in [0.05, 0.1) is 30.7 Å². The first-order valence-corrected chi connectivity index (χ1v) is 6.88. The zero-order valence-corrected chi connectivity index (χ0v) is 12.8. The van der Waals surface area contributed by atoms with Gasteiger partial charge >= 0.3 is 0 Å². The summed E-state index contributed by atoms with van der Waals surface area (Å²) >= 11 is 0. The summed E-state index contributed by atoms with van der Waals surface area (Å²) in [4.78, 5) is 0. The topological polar surface area (TPSA) is 56.9 Å². The summed E-state index contributed by atoms with van der Waals surface area (Å²) in [7, 11) is 5.57. The minimum Gasteiger partial charge on any atom is -0.493 e. The number of hydrogen-bond acceptors (Lipinski definition) is 4. The lowest BCUT2D eigenvalue weighted by Crippen LogP contribution is -2.27. The van der Waals surface area contributed by atoms with Crippen molar-refractivity contribution < 1.29 is 4.74 Å². The molecule has 0 amide bonds. The summed E-state index contributed by atoms with van der Waals surface area (Å²) in [6, 6.07) is 2.11. The molecular formula is C14H23N5O. The van der Waals surface area contributed by atoms with E-state index in [4.69, 9.17) is 4.74 Å². The van der Waals surface area contributed by atoms with Crippen LogP contribution in [-0.4, -0.2) is 33.2 Å². The van der Waals surface area contributed by atoms with Crippen LogP contribution in [0.3, 0.4) is 0 Å². The van der Waals surface area contributed by atoms with Crippen LogP contribution in [-0.2, 0) is 14.1 Å². The second-order valence-corrected chi connectivity index (χ2v) is 4.94. The predicted octanol–water partition coefficient (Wildman–Crippen LogP) is 1.56. The number of rotatable bonds is 6. The van der Waals surface area contributed by atoms with E-state index in [0.29, 0.717) is 0 Å². The van der Waals surface area contributed by atoms with Crippen LogP contribution in [0.2, 0.25) is 0 Å². The quantitative estimate of drug-likeness (QED) is 0.870. The van der Waals surface area contributed by atoms with Crippen LogP contribution in [0, 0.1) is 6.92 Å². The number of aromatic nitrogens is 4. The highest BCUT2D eigenvalue weighted by Crippen LogP contribution is 2.29. The van der Waals surface area contributed by atoms with Gasteiger partial charge in [0.1, 0.15) is 5.69 Å². The molecule has 0 aliphatic carbocycles. The Balaban J connectivity index is 2.46. The van der Waals surface area contributed by atoms with Gasteiger partial charge in [0, 0.05) is 14.1 Å². The van der Waals surface area contributed by atoms with E-state index >= 15 is 0 Å². The molecule has 0 aliphatic heterocycles. The van der Waals surface area contributed by atoms with Crippen LogP contribution in [0.5, 0.6) is 5.75 Å². The number of nitrogens with zero attached hydrogens (tertiary/aromatic N) is 4. The summed E-state index contributed by atoms with van der Waals surface area (Å²) in [5.41, 5.74) is 3.13. The smallest absolute Gasteiger partial charge is 0.161 e. The van der Waals surface area contributed by atoms with E-state index in [1.54, 1.807) is 13.3 Å². The molecule has 0 saturated carbocycles. The average Bonchev–Trinajstić information content (AvgIpc) is 2.94. The van der Waals surface area contributed by atoms with Crippen molar-refractivity contribution in [1.29, 1.82) is 0 Å².